The first-order valence-electron chi connectivity index (χ1n) is 7.08. The van der Waals surface area contributed by atoms with Gasteiger partial charge in [0, 0.05) is 18.1 Å². The fourth-order valence-electron chi connectivity index (χ4n) is 2.90. The fourth-order valence-corrected chi connectivity index (χ4v) is 3.96. The Morgan fingerprint density at radius 2 is 2.25 bits per heavy atom. The number of aryl methyl sites for hydroxylation is 1. The normalized spacial score (nSPS) is 15.8. The van der Waals surface area contributed by atoms with E-state index in [0.29, 0.717) is 16.5 Å². The predicted octanol–water partition coefficient (Wildman–Crippen LogP) is 3.11. The van der Waals surface area contributed by atoms with Crippen LogP contribution in [0.2, 0.25) is 0 Å². The Morgan fingerprint density at radius 1 is 1.50 bits per heavy atom. The third-order valence-electron chi connectivity index (χ3n) is 4.07. The summed E-state index contributed by atoms with van der Waals surface area (Å²) in [6.45, 7) is 2.76. The molecule has 1 aliphatic carbocycles. The van der Waals surface area contributed by atoms with E-state index in [1.165, 1.54) is 37.0 Å². The quantitative estimate of drug-likeness (QED) is 0.912. The van der Waals surface area contributed by atoms with Crippen molar-refractivity contribution in [3.05, 3.63) is 22.7 Å². The van der Waals surface area contributed by atoms with Crippen LogP contribution >= 0.6 is 11.3 Å². The standard InChI is InChI=1S/C15H19N3OS/c1-9-6-7-17-15-11(9)12(16)13(20-15)14(19)18-8-10-4-2-3-5-10/h6-7,10H,2-5,8,16H2,1H3,(H,18,19). The zero-order valence-corrected chi connectivity index (χ0v) is 12.4. The van der Waals surface area contributed by atoms with Gasteiger partial charge in [-0.15, -0.1) is 11.3 Å². The van der Waals surface area contributed by atoms with Crippen molar-refractivity contribution in [2.75, 3.05) is 12.3 Å². The number of amides is 1. The van der Waals surface area contributed by atoms with E-state index >= 15 is 0 Å². The van der Waals surface area contributed by atoms with Crippen LogP contribution < -0.4 is 11.1 Å². The van der Waals surface area contributed by atoms with Gasteiger partial charge in [0.15, 0.2) is 0 Å². The first kappa shape index (κ1) is 13.4. The maximum atomic E-state index is 12.3. The van der Waals surface area contributed by atoms with Crippen LogP contribution in [-0.2, 0) is 0 Å². The molecule has 1 amide bonds. The summed E-state index contributed by atoms with van der Waals surface area (Å²) in [6.07, 6.45) is 6.78. The van der Waals surface area contributed by atoms with Crippen LogP contribution in [0, 0.1) is 12.8 Å². The van der Waals surface area contributed by atoms with Gasteiger partial charge in [0.25, 0.3) is 5.91 Å². The predicted molar refractivity (Wildman–Crippen MR) is 83.1 cm³/mol. The van der Waals surface area contributed by atoms with Gasteiger partial charge < -0.3 is 11.1 Å². The van der Waals surface area contributed by atoms with Gasteiger partial charge in [-0.3, -0.25) is 4.79 Å². The van der Waals surface area contributed by atoms with Gasteiger partial charge in [0.1, 0.15) is 9.71 Å². The van der Waals surface area contributed by atoms with Crippen LogP contribution in [0.3, 0.4) is 0 Å². The van der Waals surface area contributed by atoms with Gasteiger partial charge in [-0.25, -0.2) is 4.98 Å². The van der Waals surface area contributed by atoms with Crippen molar-refractivity contribution in [1.29, 1.82) is 0 Å². The minimum absolute atomic E-state index is 0.0585. The molecule has 106 valence electrons. The van der Waals surface area contributed by atoms with E-state index in [1.54, 1.807) is 6.20 Å². The van der Waals surface area contributed by atoms with Gasteiger partial charge in [-0.1, -0.05) is 12.8 Å². The Hall–Kier alpha value is -1.62. The lowest BCUT2D eigenvalue weighted by atomic mass is 10.1. The van der Waals surface area contributed by atoms with E-state index in [4.69, 9.17) is 5.73 Å². The molecule has 0 aliphatic heterocycles. The van der Waals surface area contributed by atoms with Crippen LogP contribution in [0.4, 0.5) is 5.69 Å². The minimum atomic E-state index is -0.0585. The van der Waals surface area contributed by atoms with Gasteiger partial charge in [0.05, 0.1) is 5.69 Å². The number of nitrogen functional groups attached to an aromatic ring is 1. The summed E-state index contributed by atoms with van der Waals surface area (Å²) in [5.74, 6) is 0.575. The van der Waals surface area contributed by atoms with Crippen LogP contribution in [-0.4, -0.2) is 17.4 Å². The summed E-state index contributed by atoms with van der Waals surface area (Å²) in [6, 6.07) is 1.92. The summed E-state index contributed by atoms with van der Waals surface area (Å²) in [4.78, 5) is 18.0. The van der Waals surface area contributed by atoms with Gasteiger partial charge >= 0.3 is 0 Å². The third kappa shape index (κ3) is 2.38. The number of thiophene rings is 1. The number of carbonyl (C=O) groups is 1. The summed E-state index contributed by atoms with van der Waals surface area (Å²) in [5, 5.41) is 3.95. The number of fused-ring (bicyclic) bond motifs is 1. The highest BCUT2D eigenvalue weighted by atomic mass is 32.1. The second-order valence-corrected chi connectivity index (χ2v) is 6.51. The molecular weight excluding hydrogens is 270 g/mol. The van der Waals surface area contributed by atoms with Crippen molar-refractivity contribution in [2.24, 2.45) is 5.92 Å². The number of nitrogens with zero attached hydrogens (tertiary/aromatic N) is 1. The van der Waals surface area contributed by atoms with Crippen molar-refractivity contribution in [3.8, 4) is 0 Å². The number of carbonyl (C=O) groups excluding carboxylic acids is 1. The Labute approximate surface area is 122 Å². The van der Waals surface area contributed by atoms with Gasteiger partial charge in [-0.2, -0.15) is 0 Å². The average Bonchev–Trinajstić information content (AvgIpc) is 3.05. The molecule has 2 aromatic heterocycles. The van der Waals surface area contributed by atoms with E-state index in [9.17, 15) is 4.79 Å². The first-order valence-corrected chi connectivity index (χ1v) is 7.90. The molecule has 1 fully saturated rings. The zero-order valence-electron chi connectivity index (χ0n) is 11.6. The molecule has 2 aromatic rings. The SMILES string of the molecule is Cc1ccnc2sc(C(=O)NCC3CCCC3)c(N)c12. The highest BCUT2D eigenvalue weighted by Gasteiger charge is 2.20. The van der Waals surface area contributed by atoms with Crippen LogP contribution in [0.25, 0.3) is 10.2 Å². The minimum Gasteiger partial charge on any atom is -0.397 e. The van der Waals surface area contributed by atoms with E-state index in [-0.39, 0.29) is 5.91 Å². The van der Waals surface area contributed by atoms with E-state index < -0.39 is 0 Å². The first-order chi connectivity index (χ1) is 9.66. The molecule has 20 heavy (non-hydrogen) atoms. The largest absolute Gasteiger partial charge is 0.397 e. The maximum absolute atomic E-state index is 12.3. The molecule has 2 heterocycles. The molecule has 0 bridgehead atoms. The highest BCUT2D eigenvalue weighted by molar-refractivity contribution is 7.21. The van der Waals surface area contributed by atoms with Crippen molar-refractivity contribution >= 4 is 33.1 Å². The molecule has 1 saturated carbocycles. The molecule has 3 rings (SSSR count). The fraction of sp³-hybridized carbons (Fsp3) is 0.467. The van der Waals surface area contributed by atoms with E-state index in [1.807, 2.05) is 13.0 Å². The summed E-state index contributed by atoms with van der Waals surface area (Å²) >= 11 is 1.38. The van der Waals surface area contributed by atoms with E-state index in [2.05, 4.69) is 10.3 Å². The number of nitrogens with two attached hydrogens (primary N) is 1. The summed E-state index contributed by atoms with van der Waals surface area (Å²) in [7, 11) is 0. The number of anilines is 1. The molecule has 0 unspecified atom stereocenters. The number of hydrogen-bond donors (Lipinski definition) is 2. The second-order valence-electron chi connectivity index (χ2n) is 5.51. The van der Waals surface area contributed by atoms with Crippen LogP contribution in [0.5, 0.6) is 0 Å². The molecular formula is C15H19N3OS. The Balaban J connectivity index is 1.80. The molecule has 4 nitrogen and oxygen atoms in total. The molecule has 0 atom stereocenters. The van der Waals surface area contributed by atoms with Crippen molar-refractivity contribution < 1.29 is 4.79 Å². The van der Waals surface area contributed by atoms with Crippen LogP contribution in [0.15, 0.2) is 12.3 Å². The summed E-state index contributed by atoms with van der Waals surface area (Å²) in [5.41, 5.74) is 7.77. The maximum Gasteiger partial charge on any atom is 0.263 e. The van der Waals surface area contributed by atoms with E-state index in [0.717, 1.165) is 22.3 Å². The molecule has 0 saturated heterocycles. The molecule has 0 spiro atoms. The van der Waals surface area contributed by atoms with Gasteiger partial charge in [0.2, 0.25) is 0 Å². The number of hydrogen-bond acceptors (Lipinski definition) is 4. The highest BCUT2D eigenvalue weighted by Crippen LogP contribution is 2.34. The number of pyridine rings is 1. The zero-order chi connectivity index (χ0) is 14.1. The Kier molecular flexibility index (Phi) is 3.61. The lowest BCUT2D eigenvalue weighted by Gasteiger charge is -2.09. The smallest absolute Gasteiger partial charge is 0.263 e. The van der Waals surface area contributed by atoms with Gasteiger partial charge in [-0.05, 0) is 37.3 Å². The molecule has 5 heteroatoms. The lowest BCUT2D eigenvalue weighted by Crippen LogP contribution is -2.28. The van der Waals surface area contributed by atoms with Crippen LogP contribution in [0.1, 0.15) is 40.9 Å². The number of nitrogens with one attached hydrogen (secondary N) is 1. The monoisotopic (exact) mass is 289 g/mol. The average molecular weight is 289 g/mol. The second kappa shape index (κ2) is 5.40. The van der Waals surface area contributed by atoms with Crippen molar-refractivity contribution in [1.82, 2.24) is 10.3 Å². The van der Waals surface area contributed by atoms with Crippen molar-refractivity contribution in [2.45, 2.75) is 32.6 Å². The molecule has 0 aromatic carbocycles. The Bertz CT molecular complexity index is 644. The topological polar surface area (TPSA) is 68.0 Å². The molecule has 0 radical (unpaired) electrons. The Morgan fingerprint density at radius 3 is 2.95 bits per heavy atom. The van der Waals surface area contributed by atoms with Crippen molar-refractivity contribution in [3.63, 3.8) is 0 Å². The summed E-state index contributed by atoms with van der Waals surface area (Å²) < 4.78 is 0. The number of rotatable bonds is 3. The third-order valence-corrected chi connectivity index (χ3v) is 5.18. The lowest BCUT2D eigenvalue weighted by molar-refractivity contribution is 0.0952. The number of aromatic nitrogens is 1. The molecule has 1 aliphatic rings. The molecule has 3 N–H and O–H groups in total.